The van der Waals surface area contributed by atoms with Gasteiger partial charge in [0, 0.05) is 36.1 Å². The van der Waals surface area contributed by atoms with E-state index in [1.807, 2.05) is 19.9 Å². The fourth-order valence-corrected chi connectivity index (χ4v) is 2.28. The lowest BCUT2D eigenvalue weighted by Crippen LogP contribution is -2.40. The molecule has 0 spiro atoms. The van der Waals surface area contributed by atoms with E-state index < -0.39 is 0 Å². The van der Waals surface area contributed by atoms with Gasteiger partial charge in [-0.3, -0.25) is 4.79 Å². The van der Waals surface area contributed by atoms with Crippen molar-refractivity contribution >= 4 is 16.9 Å². The Hall–Kier alpha value is -2.50. The number of pyridine rings is 1. The number of hydrogen-bond acceptors (Lipinski definition) is 3. The Balaban J connectivity index is 2.22. The summed E-state index contributed by atoms with van der Waals surface area (Å²) in [6.07, 6.45) is 0. The summed E-state index contributed by atoms with van der Waals surface area (Å²) in [6, 6.07) is 7.05. The van der Waals surface area contributed by atoms with Crippen molar-refractivity contribution in [2.24, 2.45) is 0 Å². The SMILES string of the molecule is CCN(CC)C(=O)NCc1cc2cc(OC)ccc2[nH]c1=O. The second kappa shape index (κ2) is 6.98. The fraction of sp³-hybridized carbons (Fsp3) is 0.375. The molecule has 2 N–H and O–H groups in total. The van der Waals surface area contributed by atoms with Gasteiger partial charge < -0.3 is 19.9 Å². The number of urea groups is 1. The van der Waals surface area contributed by atoms with E-state index in [4.69, 9.17) is 4.74 Å². The van der Waals surface area contributed by atoms with Crippen LogP contribution in [0.5, 0.6) is 5.75 Å². The van der Waals surface area contributed by atoms with Gasteiger partial charge in [0.1, 0.15) is 5.75 Å². The molecule has 0 aliphatic carbocycles. The number of benzene rings is 1. The lowest BCUT2D eigenvalue weighted by Gasteiger charge is -2.19. The van der Waals surface area contributed by atoms with Crippen molar-refractivity contribution in [2.45, 2.75) is 20.4 Å². The van der Waals surface area contributed by atoms with E-state index in [-0.39, 0.29) is 18.1 Å². The van der Waals surface area contributed by atoms with Gasteiger partial charge in [0.2, 0.25) is 0 Å². The van der Waals surface area contributed by atoms with Crippen molar-refractivity contribution < 1.29 is 9.53 Å². The third-order valence-corrected chi connectivity index (χ3v) is 3.61. The summed E-state index contributed by atoms with van der Waals surface area (Å²) in [5.41, 5.74) is 1.06. The maximum atomic E-state index is 12.1. The van der Waals surface area contributed by atoms with Gasteiger partial charge in [0.25, 0.3) is 5.56 Å². The summed E-state index contributed by atoms with van der Waals surface area (Å²) in [6.45, 7) is 5.29. The van der Waals surface area contributed by atoms with Gasteiger partial charge in [-0.15, -0.1) is 0 Å². The lowest BCUT2D eigenvalue weighted by atomic mass is 10.1. The number of carbonyl (C=O) groups excluding carboxylic acids is 1. The Morgan fingerprint density at radius 3 is 2.64 bits per heavy atom. The van der Waals surface area contributed by atoms with Gasteiger partial charge >= 0.3 is 6.03 Å². The lowest BCUT2D eigenvalue weighted by molar-refractivity contribution is 0.203. The molecule has 0 saturated carbocycles. The number of carbonyl (C=O) groups is 1. The number of aromatic amines is 1. The van der Waals surface area contributed by atoms with E-state index >= 15 is 0 Å². The molecule has 6 nitrogen and oxygen atoms in total. The van der Waals surface area contributed by atoms with Crippen LogP contribution in [0.2, 0.25) is 0 Å². The molecule has 1 aromatic heterocycles. The number of aromatic nitrogens is 1. The molecular formula is C16H21N3O3. The number of nitrogens with zero attached hydrogens (tertiary/aromatic N) is 1. The second-order valence-corrected chi connectivity index (χ2v) is 4.91. The highest BCUT2D eigenvalue weighted by molar-refractivity contribution is 5.80. The molecule has 0 aliphatic heterocycles. The zero-order valence-electron chi connectivity index (χ0n) is 13.1. The zero-order chi connectivity index (χ0) is 16.1. The van der Waals surface area contributed by atoms with Crippen LogP contribution < -0.4 is 15.6 Å². The molecule has 22 heavy (non-hydrogen) atoms. The molecule has 0 radical (unpaired) electrons. The normalized spacial score (nSPS) is 10.5. The summed E-state index contributed by atoms with van der Waals surface area (Å²) in [5.74, 6) is 0.720. The van der Waals surface area contributed by atoms with Gasteiger partial charge in [-0.2, -0.15) is 0 Å². The number of rotatable bonds is 5. The van der Waals surface area contributed by atoms with Gasteiger partial charge in [-0.25, -0.2) is 4.79 Å². The molecule has 118 valence electrons. The minimum Gasteiger partial charge on any atom is -0.497 e. The van der Waals surface area contributed by atoms with Crippen LogP contribution in [0.25, 0.3) is 10.9 Å². The fourth-order valence-electron chi connectivity index (χ4n) is 2.28. The second-order valence-electron chi connectivity index (χ2n) is 4.91. The first kappa shape index (κ1) is 15.9. The number of methoxy groups -OCH3 is 1. The maximum absolute atomic E-state index is 12.1. The van der Waals surface area contributed by atoms with E-state index in [9.17, 15) is 9.59 Å². The van der Waals surface area contributed by atoms with E-state index in [1.165, 1.54) is 0 Å². The molecular weight excluding hydrogens is 282 g/mol. The monoisotopic (exact) mass is 303 g/mol. The highest BCUT2D eigenvalue weighted by Crippen LogP contribution is 2.18. The summed E-state index contributed by atoms with van der Waals surface area (Å²) >= 11 is 0. The van der Waals surface area contributed by atoms with E-state index in [0.717, 1.165) is 16.7 Å². The van der Waals surface area contributed by atoms with Crippen molar-refractivity contribution in [1.29, 1.82) is 0 Å². The Bertz CT molecular complexity index is 720. The van der Waals surface area contributed by atoms with Crippen LogP contribution in [0.4, 0.5) is 4.79 Å². The van der Waals surface area contributed by atoms with E-state index in [0.29, 0.717) is 18.7 Å². The van der Waals surface area contributed by atoms with Gasteiger partial charge in [0.15, 0.2) is 0 Å². The largest absolute Gasteiger partial charge is 0.497 e. The van der Waals surface area contributed by atoms with E-state index in [1.54, 1.807) is 30.2 Å². The molecule has 6 heteroatoms. The molecule has 0 saturated heterocycles. The highest BCUT2D eigenvalue weighted by atomic mass is 16.5. The van der Waals surface area contributed by atoms with Crippen LogP contribution >= 0.6 is 0 Å². The molecule has 2 aromatic rings. The zero-order valence-corrected chi connectivity index (χ0v) is 13.1. The average Bonchev–Trinajstić information content (AvgIpc) is 2.53. The van der Waals surface area contributed by atoms with Gasteiger partial charge in [0.05, 0.1) is 7.11 Å². The summed E-state index contributed by atoms with van der Waals surface area (Å²) in [4.78, 5) is 28.5. The maximum Gasteiger partial charge on any atom is 0.317 e. The third-order valence-electron chi connectivity index (χ3n) is 3.61. The molecule has 0 atom stereocenters. The van der Waals surface area contributed by atoms with Crippen LogP contribution in [0.15, 0.2) is 29.1 Å². The average molecular weight is 303 g/mol. The number of ether oxygens (including phenoxy) is 1. The molecule has 0 fully saturated rings. The van der Waals surface area contributed by atoms with Gasteiger partial charge in [-0.05, 0) is 38.1 Å². The van der Waals surface area contributed by atoms with Crippen LogP contribution in [0.3, 0.4) is 0 Å². The van der Waals surface area contributed by atoms with Crippen molar-refractivity contribution in [1.82, 2.24) is 15.2 Å². The molecule has 0 aliphatic rings. The predicted molar refractivity (Wildman–Crippen MR) is 86.3 cm³/mol. The third kappa shape index (κ3) is 3.39. The predicted octanol–water partition coefficient (Wildman–Crippen LogP) is 2.09. The molecule has 1 aromatic carbocycles. The number of amides is 2. The Morgan fingerprint density at radius 1 is 1.27 bits per heavy atom. The summed E-state index contributed by atoms with van der Waals surface area (Å²) in [7, 11) is 1.60. The quantitative estimate of drug-likeness (QED) is 0.888. The number of nitrogens with one attached hydrogen (secondary N) is 2. The molecule has 0 unspecified atom stereocenters. The molecule has 1 heterocycles. The first-order chi connectivity index (χ1) is 10.6. The molecule has 2 amide bonds. The van der Waals surface area contributed by atoms with Gasteiger partial charge in [-0.1, -0.05) is 0 Å². The Labute approximate surface area is 129 Å². The topological polar surface area (TPSA) is 74.4 Å². The molecule has 0 bridgehead atoms. The number of H-pyrrole nitrogens is 1. The smallest absolute Gasteiger partial charge is 0.317 e. The highest BCUT2D eigenvalue weighted by Gasteiger charge is 2.10. The minimum absolute atomic E-state index is 0.171. The Kier molecular flexibility index (Phi) is 5.04. The number of fused-ring (bicyclic) bond motifs is 1. The van der Waals surface area contributed by atoms with Crippen molar-refractivity contribution in [3.05, 3.63) is 40.2 Å². The first-order valence-electron chi connectivity index (χ1n) is 7.31. The molecule has 2 rings (SSSR count). The van der Waals surface area contributed by atoms with Crippen LogP contribution in [-0.4, -0.2) is 36.1 Å². The van der Waals surface area contributed by atoms with Crippen molar-refractivity contribution in [2.75, 3.05) is 20.2 Å². The van der Waals surface area contributed by atoms with Crippen molar-refractivity contribution in [3.63, 3.8) is 0 Å². The van der Waals surface area contributed by atoms with Crippen LogP contribution in [0.1, 0.15) is 19.4 Å². The summed E-state index contributed by atoms with van der Waals surface area (Å²) in [5, 5.41) is 3.64. The first-order valence-corrected chi connectivity index (χ1v) is 7.31. The minimum atomic E-state index is -0.197. The van der Waals surface area contributed by atoms with Crippen molar-refractivity contribution in [3.8, 4) is 5.75 Å². The Morgan fingerprint density at radius 2 is 2.00 bits per heavy atom. The summed E-state index contributed by atoms with van der Waals surface area (Å²) < 4.78 is 5.18. The standard InChI is InChI=1S/C16H21N3O3/c1-4-19(5-2)16(21)17-10-12-8-11-9-13(22-3)6-7-14(11)18-15(12)20/h6-9H,4-5,10H2,1-3H3,(H,17,21)(H,18,20). The van der Waals surface area contributed by atoms with Crippen LogP contribution in [-0.2, 0) is 6.54 Å². The number of hydrogen-bond donors (Lipinski definition) is 2. The van der Waals surface area contributed by atoms with E-state index in [2.05, 4.69) is 10.3 Å². The van der Waals surface area contributed by atoms with Crippen LogP contribution in [0, 0.1) is 0 Å².